The number of aromatic amines is 1. The van der Waals surface area contributed by atoms with Crippen LogP contribution in [0.15, 0.2) is 60.7 Å². The number of hydrogen-bond acceptors (Lipinski definition) is 3. The van der Waals surface area contributed by atoms with Gasteiger partial charge < -0.3 is 4.98 Å². The first kappa shape index (κ1) is 22.5. The van der Waals surface area contributed by atoms with Gasteiger partial charge in [0.05, 0.1) is 28.5 Å². The van der Waals surface area contributed by atoms with Gasteiger partial charge in [-0.1, -0.05) is 30.3 Å². The Morgan fingerprint density at radius 1 is 1.00 bits per heavy atom. The van der Waals surface area contributed by atoms with Crippen molar-refractivity contribution in [3.8, 4) is 11.1 Å². The topological polar surface area (TPSA) is 74.8 Å². The first-order valence-electron chi connectivity index (χ1n) is 9.61. The van der Waals surface area contributed by atoms with Gasteiger partial charge in [0.15, 0.2) is 0 Å². The summed E-state index contributed by atoms with van der Waals surface area (Å²) in [7, 11) is -3.47. The van der Waals surface area contributed by atoms with Gasteiger partial charge in [0.25, 0.3) is 0 Å². The molecule has 2 N–H and O–H groups in total. The van der Waals surface area contributed by atoms with E-state index in [4.69, 9.17) is 0 Å². The minimum atomic E-state index is -4.62. The summed E-state index contributed by atoms with van der Waals surface area (Å²) in [6, 6.07) is 14.6. The summed E-state index contributed by atoms with van der Waals surface area (Å²) in [5.41, 5.74) is 2.01. The zero-order valence-corrected chi connectivity index (χ0v) is 17.9. The molecule has 0 aliphatic carbocycles. The number of sulfonamides is 1. The summed E-state index contributed by atoms with van der Waals surface area (Å²) >= 11 is 0. The molecular weight excluding hydrogens is 458 g/mol. The van der Waals surface area contributed by atoms with Gasteiger partial charge >= 0.3 is 6.18 Å². The highest BCUT2D eigenvalue weighted by molar-refractivity contribution is 7.92. The zero-order chi connectivity index (χ0) is 23.8. The fraction of sp³-hybridized carbons (Fsp3) is 0.0870. The predicted molar refractivity (Wildman–Crippen MR) is 120 cm³/mol. The van der Waals surface area contributed by atoms with Crippen molar-refractivity contribution in [3.63, 3.8) is 0 Å². The van der Waals surface area contributed by atoms with Gasteiger partial charge in [-0.25, -0.2) is 17.8 Å². The zero-order valence-electron chi connectivity index (χ0n) is 17.1. The van der Waals surface area contributed by atoms with Crippen molar-refractivity contribution in [1.29, 1.82) is 0 Å². The maximum Gasteiger partial charge on any atom is 0.416 e. The van der Waals surface area contributed by atoms with Crippen LogP contribution in [0.3, 0.4) is 0 Å². The molecule has 4 aromatic rings. The number of halogens is 4. The highest BCUT2D eigenvalue weighted by Gasteiger charge is 2.30. The Morgan fingerprint density at radius 3 is 2.45 bits per heavy atom. The molecule has 0 bridgehead atoms. The number of fused-ring (bicyclic) bond motifs is 1. The molecule has 0 saturated carbocycles. The van der Waals surface area contributed by atoms with Crippen LogP contribution in [0, 0.1) is 5.82 Å². The minimum Gasteiger partial charge on any atom is -0.338 e. The van der Waals surface area contributed by atoms with Gasteiger partial charge in [0.2, 0.25) is 10.0 Å². The highest BCUT2D eigenvalue weighted by atomic mass is 32.2. The monoisotopic (exact) mass is 475 g/mol. The molecule has 0 amide bonds. The van der Waals surface area contributed by atoms with Crippen molar-refractivity contribution >= 4 is 38.9 Å². The second kappa shape index (κ2) is 8.36. The number of aromatic nitrogens is 2. The van der Waals surface area contributed by atoms with Crippen LogP contribution >= 0.6 is 0 Å². The van der Waals surface area contributed by atoms with Crippen molar-refractivity contribution in [1.82, 2.24) is 9.97 Å². The van der Waals surface area contributed by atoms with Gasteiger partial charge in [-0.2, -0.15) is 13.2 Å². The molecule has 5 nitrogen and oxygen atoms in total. The van der Waals surface area contributed by atoms with E-state index >= 15 is 0 Å². The Hall–Kier alpha value is -3.66. The molecule has 0 fully saturated rings. The number of H-pyrrole nitrogens is 1. The SMILES string of the molecule is CS(=O)(=O)Nc1ccccc1-c1ccc2[nH]c(/C=C/c3ccc(C(F)(F)F)cc3F)nc2c1. The number of anilines is 1. The van der Waals surface area contributed by atoms with Crippen molar-refractivity contribution in [2.24, 2.45) is 0 Å². The Labute approximate surface area is 186 Å². The van der Waals surface area contributed by atoms with Gasteiger partial charge in [0, 0.05) is 11.1 Å². The fourth-order valence-corrected chi connectivity index (χ4v) is 3.88. The maximum atomic E-state index is 14.1. The molecule has 3 aromatic carbocycles. The lowest BCUT2D eigenvalue weighted by Gasteiger charge is -2.10. The summed E-state index contributed by atoms with van der Waals surface area (Å²) in [5.74, 6) is -0.613. The van der Waals surface area contributed by atoms with E-state index in [-0.39, 0.29) is 5.56 Å². The predicted octanol–water partition coefficient (Wildman–Crippen LogP) is 5.93. The molecule has 0 atom stereocenters. The molecule has 0 aliphatic rings. The lowest BCUT2D eigenvalue weighted by Crippen LogP contribution is -2.10. The van der Waals surface area contributed by atoms with Crippen molar-refractivity contribution in [2.45, 2.75) is 6.18 Å². The van der Waals surface area contributed by atoms with Gasteiger partial charge in [-0.05, 0) is 48.0 Å². The Kier molecular flexibility index (Phi) is 5.71. The first-order valence-corrected chi connectivity index (χ1v) is 11.5. The molecule has 0 unspecified atom stereocenters. The van der Waals surface area contributed by atoms with E-state index < -0.39 is 27.6 Å². The Balaban J connectivity index is 1.64. The maximum absolute atomic E-state index is 14.1. The van der Waals surface area contributed by atoms with E-state index in [1.165, 1.54) is 12.2 Å². The first-order chi connectivity index (χ1) is 15.5. The molecule has 1 heterocycles. The number of rotatable bonds is 5. The third-order valence-corrected chi connectivity index (χ3v) is 5.37. The molecule has 0 spiro atoms. The van der Waals surface area contributed by atoms with Crippen LogP contribution in [0.1, 0.15) is 17.0 Å². The molecule has 33 heavy (non-hydrogen) atoms. The Morgan fingerprint density at radius 2 is 1.76 bits per heavy atom. The van der Waals surface area contributed by atoms with Crippen LogP contribution in [0.5, 0.6) is 0 Å². The molecule has 0 radical (unpaired) electrons. The van der Waals surface area contributed by atoms with Crippen molar-refractivity contribution in [2.75, 3.05) is 11.0 Å². The molecule has 4 rings (SSSR count). The number of nitrogens with zero attached hydrogens (tertiary/aromatic N) is 1. The van der Waals surface area contributed by atoms with E-state index in [1.54, 1.807) is 42.5 Å². The van der Waals surface area contributed by atoms with E-state index in [1.807, 2.05) is 0 Å². The highest BCUT2D eigenvalue weighted by Crippen LogP contribution is 2.32. The number of nitrogens with one attached hydrogen (secondary N) is 2. The molecule has 170 valence electrons. The summed E-state index contributed by atoms with van der Waals surface area (Å²) < 4.78 is 78.0. The van der Waals surface area contributed by atoms with Gasteiger partial charge in [-0.3, -0.25) is 4.72 Å². The van der Waals surface area contributed by atoms with Crippen LogP contribution in [0.4, 0.5) is 23.2 Å². The summed E-state index contributed by atoms with van der Waals surface area (Å²) in [4.78, 5) is 7.46. The molecule has 10 heteroatoms. The molecule has 0 saturated heterocycles. The average molecular weight is 475 g/mol. The van der Waals surface area contributed by atoms with Crippen LogP contribution in [0.25, 0.3) is 34.3 Å². The normalized spacial score (nSPS) is 12.5. The number of imidazole rings is 1. The Bertz CT molecular complexity index is 1470. The van der Waals surface area contributed by atoms with Crippen molar-refractivity contribution in [3.05, 3.63) is 83.4 Å². The van der Waals surface area contributed by atoms with E-state index in [0.29, 0.717) is 34.2 Å². The van der Waals surface area contributed by atoms with E-state index in [0.717, 1.165) is 24.0 Å². The third-order valence-electron chi connectivity index (χ3n) is 4.78. The van der Waals surface area contributed by atoms with E-state index in [2.05, 4.69) is 14.7 Å². The summed E-state index contributed by atoms with van der Waals surface area (Å²) in [5, 5.41) is 0. The standard InChI is InChI=1S/C23H17F4N3O2S/c1-33(31,32)30-19-5-3-2-4-17(19)15-7-10-20-21(12-15)29-22(28-20)11-8-14-6-9-16(13-18(14)24)23(25,26)27/h2-13,30H,1H3,(H,28,29)/b11-8+. The summed E-state index contributed by atoms with van der Waals surface area (Å²) in [6.45, 7) is 0. The largest absolute Gasteiger partial charge is 0.416 e. The van der Waals surface area contributed by atoms with Crippen LogP contribution in [0.2, 0.25) is 0 Å². The quantitative estimate of drug-likeness (QED) is 0.352. The third kappa shape index (κ3) is 5.23. The van der Waals surface area contributed by atoms with Crippen LogP contribution in [-0.2, 0) is 16.2 Å². The molecule has 0 aliphatic heterocycles. The number of hydrogen-bond donors (Lipinski definition) is 2. The van der Waals surface area contributed by atoms with Crippen molar-refractivity contribution < 1.29 is 26.0 Å². The van der Waals surface area contributed by atoms with Gasteiger partial charge in [-0.15, -0.1) is 0 Å². The number of alkyl halides is 3. The molecular formula is C23H17F4N3O2S. The number of benzene rings is 3. The van der Waals surface area contributed by atoms with Gasteiger partial charge in [0.1, 0.15) is 11.6 Å². The average Bonchev–Trinajstić information content (AvgIpc) is 3.13. The fourth-order valence-electron chi connectivity index (χ4n) is 3.30. The second-order valence-corrected chi connectivity index (χ2v) is 9.09. The lowest BCUT2D eigenvalue weighted by molar-refractivity contribution is -0.137. The molecule has 1 aromatic heterocycles. The lowest BCUT2D eigenvalue weighted by atomic mass is 10.0. The smallest absolute Gasteiger partial charge is 0.338 e. The van der Waals surface area contributed by atoms with Crippen LogP contribution < -0.4 is 4.72 Å². The van der Waals surface area contributed by atoms with E-state index in [9.17, 15) is 26.0 Å². The summed E-state index contributed by atoms with van der Waals surface area (Å²) in [6.07, 6.45) is -0.752. The second-order valence-electron chi connectivity index (χ2n) is 7.34. The van der Waals surface area contributed by atoms with Crippen LogP contribution in [-0.4, -0.2) is 24.6 Å². The minimum absolute atomic E-state index is 0.00933. The number of para-hydroxylation sites is 1.